The highest BCUT2D eigenvalue weighted by atomic mass is 16.6. The lowest BCUT2D eigenvalue weighted by Gasteiger charge is -2.10. The Morgan fingerprint density at radius 3 is 1.44 bits per heavy atom. The maximum absolute atomic E-state index is 12.3. The molecule has 0 aliphatic heterocycles. The zero-order chi connectivity index (χ0) is 24.5. The summed E-state index contributed by atoms with van der Waals surface area (Å²) in [6.45, 7) is 0. The molecule has 0 fully saturated rings. The average Bonchev–Trinajstić information content (AvgIpc) is 2.83. The van der Waals surface area contributed by atoms with Gasteiger partial charge in [0.25, 0.3) is 11.4 Å². The molecule has 0 saturated carbocycles. The Hall–Kier alpha value is -5.12. The van der Waals surface area contributed by atoms with Crippen molar-refractivity contribution in [2.45, 2.75) is 0 Å². The predicted octanol–water partition coefficient (Wildman–Crippen LogP) is 4.81. The van der Waals surface area contributed by atoms with Gasteiger partial charge in [-0.2, -0.15) is 0 Å². The van der Waals surface area contributed by atoms with Crippen LogP contribution < -0.4 is 10.6 Å². The van der Waals surface area contributed by atoms with Gasteiger partial charge in [0.15, 0.2) is 0 Å². The predicted molar refractivity (Wildman–Crippen MR) is 128 cm³/mol. The summed E-state index contributed by atoms with van der Waals surface area (Å²) in [5, 5.41) is 27.0. The third-order valence-electron chi connectivity index (χ3n) is 4.46. The number of amides is 2. The second-order valence-corrected chi connectivity index (χ2v) is 6.89. The molecule has 0 aliphatic rings. The molecule has 3 aromatic carbocycles. The van der Waals surface area contributed by atoms with Crippen molar-refractivity contribution >= 4 is 46.7 Å². The Bertz CT molecular complexity index is 1220. The molecule has 0 unspecified atom stereocenters. The zero-order valence-electron chi connectivity index (χ0n) is 17.6. The number of carbonyl (C=O) groups excluding carboxylic acids is 2. The van der Waals surface area contributed by atoms with Crippen molar-refractivity contribution < 1.29 is 19.4 Å². The molecule has 0 heterocycles. The summed E-state index contributed by atoms with van der Waals surface area (Å²) >= 11 is 0. The van der Waals surface area contributed by atoms with E-state index in [1.54, 1.807) is 36.4 Å². The van der Waals surface area contributed by atoms with Crippen molar-refractivity contribution in [3.05, 3.63) is 116 Å². The lowest BCUT2D eigenvalue weighted by Crippen LogP contribution is -2.13. The van der Waals surface area contributed by atoms with E-state index in [0.717, 1.165) is 0 Å². The fourth-order valence-electron chi connectivity index (χ4n) is 2.88. The molecule has 0 aliphatic carbocycles. The largest absolute Gasteiger partial charge is 0.321 e. The van der Waals surface area contributed by atoms with Gasteiger partial charge in [-0.1, -0.05) is 36.4 Å². The normalized spacial score (nSPS) is 10.8. The van der Waals surface area contributed by atoms with E-state index in [9.17, 15) is 29.8 Å². The standard InChI is InChI=1S/C24H18N4O6/c29-23(13-11-17-5-3-7-19(15-17)27(31)32)25-21-9-1-2-10-22(21)26-24(30)14-12-18-6-4-8-20(16-18)28(33)34/h1-16H,(H,25,29)(H,26,30). The smallest absolute Gasteiger partial charge is 0.270 e. The van der Waals surface area contributed by atoms with Gasteiger partial charge in [0.05, 0.1) is 21.2 Å². The summed E-state index contributed by atoms with van der Waals surface area (Å²) in [6, 6.07) is 18.2. The molecule has 10 heteroatoms. The lowest BCUT2D eigenvalue weighted by molar-refractivity contribution is -0.385. The zero-order valence-corrected chi connectivity index (χ0v) is 17.6. The first-order chi connectivity index (χ1) is 16.3. The van der Waals surface area contributed by atoms with Gasteiger partial charge >= 0.3 is 0 Å². The fourth-order valence-corrected chi connectivity index (χ4v) is 2.88. The highest BCUT2D eigenvalue weighted by molar-refractivity contribution is 6.08. The van der Waals surface area contributed by atoms with E-state index in [4.69, 9.17) is 0 Å². The minimum atomic E-state index is -0.524. The minimum absolute atomic E-state index is 0.0891. The third-order valence-corrected chi connectivity index (χ3v) is 4.46. The number of nitro benzene ring substituents is 2. The number of benzene rings is 3. The highest BCUT2D eigenvalue weighted by Crippen LogP contribution is 2.22. The highest BCUT2D eigenvalue weighted by Gasteiger charge is 2.08. The number of carbonyl (C=O) groups is 2. The van der Waals surface area contributed by atoms with Gasteiger partial charge in [0.2, 0.25) is 11.8 Å². The molecule has 34 heavy (non-hydrogen) atoms. The van der Waals surface area contributed by atoms with Crippen LogP contribution in [0.3, 0.4) is 0 Å². The quantitative estimate of drug-likeness (QED) is 0.282. The summed E-state index contributed by atoms with van der Waals surface area (Å²) in [6.07, 6.45) is 5.32. The first-order valence-corrected chi connectivity index (χ1v) is 9.88. The molecule has 10 nitrogen and oxygen atoms in total. The number of hydrogen-bond donors (Lipinski definition) is 2. The van der Waals surface area contributed by atoms with Crippen LogP contribution in [0.1, 0.15) is 11.1 Å². The molecular formula is C24H18N4O6. The number of nitrogens with one attached hydrogen (secondary N) is 2. The maximum Gasteiger partial charge on any atom is 0.270 e. The van der Waals surface area contributed by atoms with Crippen molar-refractivity contribution in [3.8, 4) is 0 Å². The fraction of sp³-hybridized carbons (Fsp3) is 0. The van der Waals surface area contributed by atoms with Gasteiger partial charge < -0.3 is 10.6 Å². The number of hydrogen-bond acceptors (Lipinski definition) is 6. The van der Waals surface area contributed by atoms with Crippen LogP contribution >= 0.6 is 0 Å². The minimum Gasteiger partial charge on any atom is -0.321 e. The first kappa shape index (κ1) is 23.5. The van der Waals surface area contributed by atoms with E-state index in [-0.39, 0.29) is 11.4 Å². The van der Waals surface area contributed by atoms with E-state index in [1.165, 1.54) is 60.7 Å². The summed E-state index contributed by atoms with van der Waals surface area (Å²) in [5.74, 6) is -0.999. The maximum atomic E-state index is 12.3. The van der Waals surface area contributed by atoms with Crippen LogP contribution in [-0.2, 0) is 9.59 Å². The molecule has 0 bridgehead atoms. The molecule has 3 rings (SSSR count). The molecule has 2 N–H and O–H groups in total. The Kier molecular flexibility index (Phi) is 7.59. The number of rotatable bonds is 8. The lowest BCUT2D eigenvalue weighted by atomic mass is 10.2. The van der Waals surface area contributed by atoms with Gasteiger partial charge in [-0.3, -0.25) is 29.8 Å². The number of non-ortho nitro benzene ring substituents is 2. The molecule has 170 valence electrons. The van der Waals surface area contributed by atoms with Gasteiger partial charge in [0, 0.05) is 36.4 Å². The van der Waals surface area contributed by atoms with E-state index < -0.39 is 21.7 Å². The van der Waals surface area contributed by atoms with Crippen molar-refractivity contribution in [1.29, 1.82) is 0 Å². The monoisotopic (exact) mass is 458 g/mol. The Morgan fingerprint density at radius 2 is 1.06 bits per heavy atom. The molecular weight excluding hydrogens is 440 g/mol. The van der Waals surface area contributed by atoms with Crippen molar-refractivity contribution in [2.75, 3.05) is 10.6 Å². The number of nitro groups is 2. The SMILES string of the molecule is O=C(C=Cc1cccc([N+](=O)[O-])c1)Nc1ccccc1NC(=O)C=Cc1cccc([N+](=O)[O-])c1. The number of para-hydroxylation sites is 2. The van der Waals surface area contributed by atoms with Crippen LogP contribution in [0.5, 0.6) is 0 Å². The van der Waals surface area contributed by atoms with Gasteiger partial charge in [0.1, 0.15) is 0 Å². The van der Waals surface area contributed by atoms with Crippen LogP contribution in [0.15, 0.2) is 84.9 Å². The van der Waals surface area contributed by atoms with Crippen LogP contribution in [0.2, 0.25) is 0 Å². The molecule has 0 atom stereocenters. The first-order valence-electron chi connectivity index (χ1n) is 9.88. The van der Waals surface area contributed by atoms with Crippen molar-refractivity contribution in [3.63, 3.8) is 0 Å². The van der Waals surface area contributed by atoms with E-state index in [1.807, 2.05) is 0 Å². The van der Waals surface area contributed by atoms with E-state index in [0.29, 0.717) is 22.5 Å². The molecule has 0 spiro atoms. The Morgan fingerprint density at radius 1 is 0.647 bits per heavy atom. The average molecular weight is 458 g/mol. The number of anilines is 2. The molecule has 3 aromatic rings. The Balaban J connectivity index is 1.66. The summed E-state index contributed by atoms with van der Waals surface area (Å²) in [7, 11) is 0. The van der Waals surface area contributed by atoms with Gasteiger partial charge in [-0.15, -0.1) is 0 Å². The topological polar surface area (TPSA) is 144 Å². The molecule has 0 aromatic heterocycles. The second-order valence-electron chi connectivity index (χ2n) is 6.89. The van der Waals surface area contributed by atoms with Crippen LogP contribution in [0, 0.1) is 20.2 Å². The summed E-state index contributed by atoms with van der Waals surface area (Å²) in [5.41, 5.74) is 1.47. The van der Waals surface area contributed by atoms with Crippen LogP contribution in [-0.4, -0.2) is 21.7 Å². The van der Waals surface area contributed by atoms with Gasteiger partial charge in [-0.05, 0) is 35.4 Å². The molecule has 0 radical (unpaired) electrons. The molecule has 2 amide bonds. The summed E-state index contributed by atoms with van der Waals surface area (Å²) in [4.78, 5) is 45.3. The van der Waals surface area contributed by atoms with Crippen molar-refractivity contribution in [2.24, 2.45) is 0 Å². The second kappa shape index (κ2) is 11.0. The van der Waals surface area contributed by atoms with E-state index in [2.05, 4.69) is 10.6 Å². The number of nitrogens with zero attached hydrogens (tertiary/aromatic N) is 2. The molecule has 0 saturated heterocycles. The van der Waals surface area contributed by atoms with Gasteiger partial charge in [-0.25, -0.2) is 0 Å². The van der Waals surface area contributed by atoms with Crippen LogP contribution in [0.4, 0.5) is 22.7 Å². The Labute approximate surface area is 193 Å². The summed E-state index contributed by atoms with van der Waals surface area (Å²) < 4.78 is 0. The third kappa shape index (κ3) is 6.69. The van der Waals surface area contributed by atoms with Crippen molar-refractivity contribution in [1.82, 2.24) is 0 Å². The van der Waals surface area contributed by atoms with E-state index >= 15 is 0 Å². The van der Waals surface area contributed by atoms with Crippen LogP contribution in [0.25, 0.3) is 12.2 Å².